The number of nitrogens with zero attached hydrogens (tertiary/aromatic N) is 4. The average molecular weight is 275 g/mol. The lowest BCUT2D eigenvalue weighted by molar-refractivity contribution is -0.120. The molecule has 108 valence electrons. The summed E-state index contributed by atoms with van der Waals surface area (Å²) in [5.74, 6) is 0.128. The fourth-order valence-electron chi connectivity index (χ4n) is 2.26. The molecule has 1 aromatic heterocycles. The first-order chi connectivity index (χ1) is 9.34. The van der Waals surface area contributed by atoms with Crippen LogP contribution in [0, 0.1) is 18.3 Å². The third-order valence-corrected chi connectivity index (χ3v) is 3.27. The number of anilines is 1. The van der Waals surface area contributed by atoms with Crippen molar-refractivity contribution >= 4 is 17.4 Å². The molecule has 1 aromatic rings. The van der Waals surface area contributed by atoms with Gasteiger partial charge in [-0.3, -0.25) is 4.79 Å². The molecule has 1 aliphatic heterocycles. The number of rotatable bonds is 3. The Morgan fingerprint density at radius 3 is 2.50 bits per heavy atom. The fourth-order valence-corrected chi connectivity index (χ4v) is 2.26. The van der Waals surface area contributed by atoms with E-state index < -0.39 is 0 Å². The van der Waals surface area contributed by atoms with Crippen LogP contribution in [0.15, 0.2) is 17.2 Å². The van der Waals surface area contributed by atoms with Crippen LogP contribution >= 0.6 is 0 Å². The summed E-state index contributed by atoms with van der Waals surface area (Å²) in [6.45, 7) is 8.45. The highest BCUT2D eigenvalue weighted by Crippen LogP contribution is 2.32. The first-order valence-electron chi connectivity index (χ1n) is 6.78. The van der Waals surface area contributed by atoms with Gasteiger partial charge in [0.2, 0.25) is 0 Å². The summed E-state index contributed by atoms with van der Waals surface area (Å²) in [6.07, 6.45) is 0.602. The maximum atomic E-state index is 12.5. The predicted octanol–water partition coefficient (Wildman–Crippen LogP) is 1.50. The molecule has 0 aliphatic carbocycles. The quantitative estimate of drug-likeness (QED) is 0.906. The zero-order valence-electron chi connectivity index (χ0n) is 12.4. The van der Waals surface area contributed by atoms with Crippen molar-refractivity contribution in [2.24, 2.45) is 22.2 Å². The topological polar surface area (TPSA) is 84.5 Å². The Morgan fingerprint density at radius 2 is 2.00 bits per heavy atom. The highest BCUT2D eigenvalue weighted by atomic mass is 16.2. The van der Waals surface area contributed by atoms with Gasteiger partial charge in [-0.05, 0) is 32.0 Å². The van der Waals surface area contributed by atoms with Gasteiger partial charge < -0.3 is 5.73 Å². The van der Waals surface area contributed by atoms with E-state index in [0.717, 1.165) is 11.4 Å². The van der Waals surface area contributed by atoms with Gasteiger partial charge in [-0.25, -0.2) is 0 Å². The lowest BCUT2D eigenvalue weighted by atomic mass is 9.81. The van der Waals surface area contributed by atoms with Crippen LogP contribution in [0.4, 0.5) is 5.82 Å². The molecular weight excluding hydrogens is 254 g/mol. The van der Waals surface area contributed by atoms with E-state index in [9.17, 15) is 4.79 Å². The van der Waals surface area contributed by atoms with Crippen molar-refractivity contribution in [1.82, 2.24) is 10.2 Å². The molecule has 1 amide bonds. The maximum Gasteiger partial charge on any atom is 0.257 e. The molecule has 1 unspecified atom stereocenters. The average Bonchev–Trinajstić information content (AvgIpc) is 2.69. The molecule has 2 rings (SSSR count). The minimum Gasteiger partial charge on any atom is -0.330 e. The Bertz CT molecular complexity index is 529. The number of hydrogen-bond acceptors (Lipinski definition) is 5. The van der Waals surface area contributed by atoms with Gasteiger partial charge in [0.1, 0.15) is 0 Å². The van der Waals surface area contributed by atoms with E-state index in [-0.39, 0.29) is 17.2 Å². The Labute approximate surface area is 119 Å². The molecule has 0 saturated heterocycles. The summed E-state index contributed by atoms with van der Waals surface area (Å²) in [6, 6.07) is 3.58. The Balaban J connectivity index is 2.38. The van der Waals surface area contributed by atoms with Gasteiger partial charge in [-0.15, -0.1) is 5.10 Å². The van der Waals surface area contributed by atoms with Crippen molar-refractivity contribution < 1.29 is 4.79 Å². The Kier molecular flexibility index (Phi) is 3.85. The molecule has 6 nitrogen and oxygen atoms in total. The number of hydrazone groups is 1. The third-order valence-electron chi connectivity index (χ3n) is 3.27. The number of amides is 1. The second kappa shape index (κ2) is 5.28. The zero-order chi connectivity index (χ0) is 14.9. The standard InChI is InChI=1S/C14H21N5O/c1-9-5-6-11(17-16-9)19-13(20)10(7-8-15)12(18-19)14(2,3)4/h5-6,10H,7-8,15H2,1-4H3. The van der Waals surface area contributed by atoms with Crippen molar-refractivity contribution in [3.05, 3.63) is 17.8 Å². The molecule has 0 bridgehead atoms. The SMILES string of the molecule is Cc1ccc(N2N=C(C(C)(C)C)C(CCN)C2=O)nn1. The van der Waals surface area contributed by atoms with Crippen molar-refractivity contribution in [3.63, 3.8) is 0 Å². The number of aromatic nitrogens is 2. The zero-order valence-corrected chi connectivity index (χ0v) is 12.4. The van der Waals surface area contributed by atoms with Gasteiger partial charge in [0.25, 0.3) is 5.91 Å². The monoisotopic (exact) mass is 275 g/mol. The summed E-state index contributed by atoms with van der Waals surface area (Å²) < 4.78 is 0. The number of nitrogens with two attached hydrogens (primary N) is 1. The molecular formula is C14H21N5O. The Hall–Kier alpha value is -1.82. The number of aryl methyl sites for hydroxylation is 1. The molecule has 6 heteroatoms. The highest BCUT2D eigenvalue weighted by molar-refractivity contribution is 6.16. The van der Waals surface area contributed by atoms with Gasteiger partial charge in [-0.1, -0.05) is 20.8 Å². The van der Waals surface area contributed by atoms with E-state index in [1.54, 1.807) is 6.07 Å². The van der Waals surface area contributed by atoms with Gasteiger partial charge in [0, 0.05) is 5.41 Å². The normalized spacial score (nSPS) is 19.4. The summed E-state index contributed by atoms with van der Waals surface area (Å²) in [7, 11) is 0. The third kappa shape index (κ3) is 2.70. The molecule has 0 saturated carbocycles. The minimum absolute atomic E-state index is 0.0708. The Morgan fingerprint density at radius 1 is 1.30 bits per heavy atom. The van der Waals surface area contributed by atoms with Crippen LogP contribution in [-0.2, 0) is 4.79 Å². The first-order valence-corrected chi connectivity index (χ1v) is 6.78. The van der Waals surface area contributed by atoms with E-state index in [4.69, 9.17) is 5.73 Å². The van der Waals surface area contributed by atoms with Crippen molar-refractivity contribution in [2.75, 3.05) is 11.6 Å². The van der Waals surface area contributed by atoms with E-state index in [1.807, 2.05) is 33.8 Å². The number of carbonyl (C=O) groups excluding carboxylic acids is 1. The summed E-state index contributed by atoms with van der Waals surface area (Å²) in [5.41, 5.74) is 7.11. The van der Waals surface area contributed by atoms with E-state index in [2.05, 4.69) is 15.3 Å². The minimum atomic E-state index is -0.261. The second-order valence-corrected chi connectivity index (χ2v) is 6.05. The summed E-state index contributed by atoms with van der Waals surface area (Å²) >= 11 is 0. The number of hydrogen-bond donors (Lipinski definition) is 1. The first kappa shape index (κ1) is 14.6. The van der Waals surface area contributed by atoms with Gasteiger partial charge in [0.15, 0.2) is 5.82 Å². The lowest BCUT2D eigenvalue weighted by Crippen LogP contribution is -2.33. The largest absolute Gasteiger partial charge is 0.330 e. The second-order valence-electron chi connectivity index (χ2n) is 6.05. The highest BCUT2D eigenvalue weighted by Gasteiger charge is 2.41. The van der Waals surface area contributed by atoms with Gasteiger partial charge >= 0.3 is 0 Å². The molecule has 2 N–H and O–H groups in total. The van der Waals surface area contributed by atoms with Crippen molar-refractivity contribution in [2.45, 2.75) is 34.1 Å². The van der Waals surface area contributed by atoms with Crippen LogP contribution in [-0.4, -0.2) is 28.4 Å². The summed E-state index contributed by atoms with van der Waals surface area (Å²) in [4.78, 5) is 12.5. The van der Waals surface area contributed by atoms with Gasteiger partial charge in [-0.2, -0.15) is 15.2 Å². The smallest absolute Gasteiger partial charge is 0.257 e. The van der Waals surface area contributed by atoms with Gasteiger partial charge in [0.05, 0.1) is 17.3 Å². The van der Waals surface area contributed by atoms with E-state index in [0.29, 0.717) is 18.8 Å². The molecule has 0 spiro atoms. The predicted molar refractivity (Wildman–Crippen MR) is 78.3 cm³/mol. The molecule has 0 radical (unpaired) electrons. The van der Waals surface area contributed by atoms with Crippen LogP contribution in [0.2, 0.25) is 0 Å². The maximum absolute atomic E-state index is 12.5. The lowest BCUT2D eigenvalue weighted by Gasteiger charge is -2.21. The van der Waals surface area contributed by atoms with Crippen molar-refractivity contribution in [3.8, 4) is 0 Å². The number of carbonyl (C=O) groups is 1. The molecule has 1 aliphatic rings. The molecule has 0 aromatic carbocycles. The van der Waals surface area contributed by atoms with Crippen LogP contribution in [0.5, 0.6) is 0 Å². The van der Waals surface area contributed by atoms with Crippen molar-refractivity contribution in [1.29, 1.82) is 0 Å². The molecule has 20 heavy (non-hydrogen) atoms. The van der Waals surface area contributed by atoms with E-state index in [1.165, 1.54) is 5.01 Å². The van der Waals surface area contributed by atoms with Crippen LogP contribution in [0.3, 0.4) is 0 Å². The van der Waals surface area contributed by atoms with E-state index >= 15 is 0 Å². The summed E-state index contributed by atoms with van der Waals surface area (Å²) in [5, 5.41) is 13.9. The van der Waals surface area contributed by atoms with Crippen LogP contribution in [0.25, 0.3) is 0 Å². The van der Waals surface area contributed by atoms with Crippen LogP contribution in [0.1, 0.15) is 32.9 Å². The fraction of sp³-hybridized carbons (Fsp3) is 0.571. The molecule has 2 heterocycles. The van der Waals surface area contributed by atoms with Crippen LogP contribution < -0.4 is 10.7 Å². The molecule has 1 atom stereocenters. The molecule has 0 fully saturated rings.